The van der Waals surface area contributed by atoms with Crippen LogP contribution in [-0.2, 0) is 4.79 Å². The van der Waals surface area contributed by atoms with Gasteiger partial charge in [-0.2, -0.15) is 0 Å². The Labute approximate surface area is 175 Å². The smallest absolute Gasteiger partial charge is 0.272 e. The predicted molar refractivity (Wildman–Crippen MR) is 115 cm³/mol. The first-order valence-corrected chi connectivity index (χ1v) is 9.89. The van der Waals surface area contributed by atoms with Gasteiger partial charge in [0.25, 0.3) is 11.6 Å². The molecular weight excluding hydrogens is 384 g/mol. The van der Waals surface area contributed by atoms with E-state index in [2.05, 4.69) is 5.32 Å². The van der Waals surface area contributed by atoms with Gasteiger partial charge in [-0.25, -0.2) is 0 Å². The molecule has 0 aliphatic carbocycles. The fourth-order valence-corrected chi connectivity index (χ4v) is 3.68. The van der Waals surface area contributed by atoms with Crippen molar-refractivity contribution in [1.82, 2.24) is 9.80 Å². The Bertz CT molecular complexity index is 961. The minimum Gasteiger partial charge on any atom is -0.336 e. The van der Waals surface area contributed by atoms with Crippen molar-refractivity contribution in [2.45, 2.75) is 20.8 Å². The van der Waals surface area contributed by atoms with E-state index in [0.29, 0.717) is 37.3 Å². The number of hydrogen-bond acceptors (Lipinski definition) is 5. The summed E-state index contributed by atoms with van der Waals surface area (Å²) in [5, 5.41) is 13.9. The van der Waals surface area contributed by atoms with Crippen LogP contribution >= 0.6 is 0 Å². The molecule has 1 aliphatic rings. The topological polar surface area (TPSA) is 95.8 Å². The summed E-state index contributed by atoms with van der Waals surface area (Å²) in [5.41, 5.74) is 3.82. The molecule has 2 aromatic rings. The lowest BCUT2D eigenvalue weighted by Gasteiger charge is -2.34. The van der Waals surface area contributed by atoms with E-state index in [9.17, 15) is 19.7 Å². The quantitative estimate of drug-likeness (QED) is 0.604. The Morgan fingerprint density at radius 3 is 2.20 bits per heavy atom. The molecule has 1 N–H and O–H groups in total. The van der Waals surface area contributed by atoms with Gasteiger partial charge in [0.15, 0.2) is 0 Å². The number of carbonyl (C=O) groups is 2. The van der Waals surface area contributed by atoms with Crippen molar-refractivity contribution >= 4 is 23.2 Å². The zero-order chi connectivity index (χ0) is 21.8. The Morgan fingerprint density at radius 2 is 1.63 bits per heavy atom. The highest BCUT2D eigenvalue weighted by molar-refractivity contribution is 5.95. The molecule has 1 fully saturated rings. The summed E-state index contributed by atoms with van der Waals surface area (Å²) in [5.74, 6) is -0.217. The number of nitro benzene ring substituents is 1. The minimum atomic E-state index is -0.453. The summed E-state index contributed by atoms with van der Waals surface area (Å²) >= 11 is 0. The number of rotatable bonds is 5. The van der Waals surface area contributed by atoms with Crippen LogP contribution in [0.4, 0.5) is 11.4 Å². The van der Waals surface area contributed by atoms with E-state index in [1.165, 1.54) is 12.1 Å². The molecule has 0 bridgehead atoms. The van der Waals surface area contributed by atoms with Crippen molar-refractivity contribution in [1.29, 1.82) is 0 Å². The van der Waals surface area contributed by atoms with Gasteiger partial charge in [-0.15, -0.1) is 0 Å². The molecule has 3 rings (SSSR count). The van der Waals surface area contributed by atoms with Crippen LogP contribution < -0.4 is 5.32 Å². The monoisotopic (exact) mass is 410 g/mol. The number of benzene rings is 2. The second kappa shape index (κ2) is 9.04. The molecule has 2 aromatic carbocycles. The summed E-state index contributed by atoms with van der Waals surface area (Å²) in [7, 11) is 0. The second-order valence-corrected chi connectivity index (χ2v) is 7.64. The van der Waals surface area contributed by atoms with Crippen molar-refractivity contribution in [3.05, 3.63) is 68.8 Å². The van der Waals surface area contributed by atoms with Crippen LogP contribution in [0.25, 0.3) is 0 Å². The van der Waals surface area contributed by atoms with E-state index in [0.717, 1.165) is 16.8 Å². The van der Waals surface area contributed by atoms with Gasteiger partial charge < -0.3 is 10.2 Å². The summed E-state index contributed by atoms with van der Waals surface area (Å²) in [4.78, 5) is 39.4. The van der Waals surface area contributed by atoms with Gasteiger partial charge in [-0.3, -0.25) is 24.6 Å². The Kier molecular flexibility index (Phi) is 6.47. The van der Waals surface area contributed by atoms with Crippen molar-refractivity contribution in [3.63, 3.8) is 0 Å². The van der Waals surface area contributed by atoms with E-state index in [1.807, 2.05) is 36.9 Å². The fraction of sp³-hybridized carbons (Fsp3) is 0.364. The fourth-order valence-electron chi connectivity index (χ4n) is 3.68. The molecule has 158 valence electrons. The molecule has 0 spiro atoms. The van der Waals surface area contributed by atoms with E-state index in [4.69, 9.17) is 0 Å². The molecule has 2 amide bonds. The summed E-state index contributed by atoms with van der Waals surface area (Å²) in [6.45, 7) is 8.03. The first-order chi connectivity index (χ1) is 14.3. The average molecular weight is 410 g/mol. The average Bonchev–Trinajstić information content (AvgIpc) is 2.70. The standard InChI is InChI=1S/C22H26N4O4/c1-15-5-4-6-16(2)21(15)23-20(27)14-24-9-11-25(12-10-24)22(28)18-7-8-19(26(29)30)17(3)13-18/h4-8,13H,9-12,14H2,1-3H3,(H,23,27). The number of aryl methyl sites for hydroxylation is 3. The lowest BCUT2D eigenvalue weighted by molar-refractivity contribution is -0.385. The maximum atomic E-state index is 12.7. The summed E-state index contributed by atoms with van der Waals surface area (Å²) in [6.07, 6.45) is 0. The molecule has 1 heterocycles. The van der Waals surface area contributed by atoms with E-state index >= 15 is 0 Å². The van der Waals surface area contributed by atoms with Crippen LogP contribution in [0.1, 0.15) is 27.0 Å². The predicted octanol–water partition coefficient (Wildman–Crippen LogP) is 2.92. The number of nitrogens with one attached hydrogen (secondary N) is 1. The van der Waals surface area contributed by atoms with Gasteiger partial charge in [0.05, 0.1) is 11.5 Å². The third-order valence-corrected chi connectivity index (χ3v) is 5.41. The van der Waals surface area contributed by atoms with E-state index in [-0.39, 0.29) is 24.0 Å². The highest BCUT2D eigenvalue weighted by Crippen LogP contribution is 2.21. The van der Waals surface area contributed by atoms with Gasteiger partial charge in [-0.1, -0.05) is 18.2 Å². The number of piperazine rings is 1. The van der Waals surface area contributed by atoms with Crippen LogP contribution in [0.15, 0.2) is 36.4 Å². The molecule has 8 heteroatoms. The lowest BCUT2D eigenvalue weighted by atomic mass is 10.1. The van der Waals surface area contributed by atoms with Crippen molar-refractivity contribution in [2.24, 2.45) is 0 Å². The minimum absolute atomic E-state index is 0.00581. The Hall–Kier alpha value is -3.26. The third-order valence-electron chi connectivity index (χ3n) is 5.41. The van der Waals surface area contributed by atoms with E-state index < -0.39 is 4.92 Å². The van der Waals surface area contributed by atoms with Crippen molar-refractivity contribution < 1.29 is 14.5 Å². The number of nitro groups is 1. The van der Waals surface area contributed by atoms with Crippen LogP contribution in [0.3, 0.4) is 0 Å². The molecule has 1 aliphatic heterocycles. The summed E-state index contributed by atoms with van der Waals surface area (Å²) < 4.78 is 0. The van der Waals surface area contributed by atoms with Gasteiger partial charge in [0.1, 0.15) is 0 Å². The number of nitrogens with zero attached hydrogens (tertiary/aromatic N) is 3. The SMILES string of the molecule is Cc1cc(C(=O)N2CCN(CC(=O)Nc3c(C)cccc3C)CC2)ccc1[N+](=O)[O-]. The lowest BCUT2D eigenvalue weighted by Crippen LogP contribution is -2.50. The van der Waals surface area contributed by atoms with Gasteiger partial charge >= 0.3 is 0 Å². The zero-order valence-electron chi connectivity index (χ0n) is 17.5. The van der Waals surface area contributed by atoms with Crippen LogP contribution in [0, 0.1) is 30.9 Å². The molecule has 0 radical (unpaired) electrons. The van der Waals surface area contributed by atoms with E-state index in [1.54, 1.807) is 17.9 Å². The molecule has 30 heavy (non-hydrogen) atoms. The molecule has 0 saturated carbocycles. The first-order valence-electron chi connectivity index (χ1n) is 9.89. The zero-order valence-corrected chi connectivity index (χ0v) is 17.5. The molecule has 8 nitrogen and oxygen atoms in total. The van der Waals surface area contributed by atoms with Gasteiger partial charge in [0.2, 0.25) is 5.91 Å². The van der Waals surface area contributed by atoms with Gasteiger partial charge in [-0.05, 0) is 44.0 Å². The maximum absolute atomic E-state index is 12.7. The third kappa shape index (κ3) is 4.83. The highest BCUT2D eigenvalue weighted by atomic mass is 16.6. The maximum Gasteiger partial charge on any atom is 0.272 e. The normalized spacial score (nSPS) is 14.4. The Balaban J connectivity index is 1.54. The van der Waals surface area contributed by atoms with Crippen LogP contribution in [-0.4, -0.2) is 59.3 Å². The molecule has 0 atom stereocenters. The number of para-hydroxylation sites is 1. The summed E-state index contributed by atoms with van der Waals surface area (Å²) in [6, 6.07) is 10.3. The number of carbonyl (C=O) groups excluding carboxylic acids is 2. The van der Waals surface area contributed by atoms with Crippen LogP contribution in [0.2, 0.25) is 0 Å². The second-order valence-electron chi connectivity index (χ2n) is 7.64. The molecule has 0 aromatic heterocycles. The first kappa shape index (κ1) is 21.4. The van der Waals surface area contributed by atoms with Gasteiger partial charge in [0, 0.05) is 49.1 Å². The van der Waals surface area contributed by atoms with Crippen LogP contribution in [0.5, 0.6) is 0 Å². The molecule has 1 saturated heterocycles. The van der Waals surface area contributed by atoms with Crippen molar-refractivity contribution in [3.8, 4) is 0 Å². The number of anilines is 1. The van der Waals surface area contributed by atoms with Crippen molar-refractivity contribution in [2.75, 3.05) is 38.0 Å². The Morgan fingerprint density at radius 1 is 1.00 bits per heavy atom. The highest BCUT2D eigenvalue weighted by Gasteiger charge is 2.24. The largest absolute Gasteiger partial charge is 0.336 e. The molecule has 0 unspecified atom stereocenters. The molecular formula is C22H26N4O4. The number of hydrogen-bond donors (Lipinski definition) is 1. The number of amides is 2.